The maximum Gasteiger partial charge on any atom is 0.223 e. The third-order valence-electron chi connectivity index (χ3n) is 5.61. The number of hydrogen-bond acceptors (Lipinski definition) is 3. The zero-order valence-electron chi connectivity index (χ0n) is 15.4. The Kier molecular flexibility index (Phi) is 6.70. The van der Waals surface area contributed by atoms with Gasteiger partial charge < -0.3 is 5.32 Å². The van der Waals surface area contributed by atoms with E-state index in [2.05, 4.69) is 5.32 Å². The van der Waals surface area contributed by atoms with Gasteiger partial charge >= 0.3 is 0 Å². The Morgan fingerprint density at radius 2 is 1.58 bits per heavy atom. The van der Waals surface area contributed by atoms with E-state index in [4.69, 9.17) is 0 Å². The van der Waals surface area contributed by atoms with E-state index in [0.29, 0.717) is 32.0 Å². The summed E-state index contributed by atoms with van der Waals surface area (Å²) in [5.74, 6) is 0.102. The maximum atomic E-state index is 12.6. The highest BCUT2D eigenvalue weighted by Crippen LogP contribution is 2.23. The summed E-state index contributed by atoms with van der Waals surface area (Å²) in [6.45, 7) is 0.885. The lowest BCUT2D eigenvalue weighted by molar-refractivity contribution is -0.126. The van der Waals surface area contributed by atoms with Gasteiger partial charge in [-0.05, 0) is 31.2 Å². The standard InChI is InChI=1S/C20H30N2O3S/c23-20(21-19-10-6-1-2-7-11-19)18-12-14-22(15-13-18)26(24,25)16-17-8-4-3-5-9-17/h3-5,8-9,18-19H,1-2,6-7,10-16H2,(H,21,23). The zero-order chi connectivity index (χ0) is 18.4. The SMILES string of the molecule is O=C(NC1CCCCCC1)C1CCN(S(=O)(=O)Cc2ccccc2)CC1. The largest absolute Gasteiger partial charge is 0.353 e. The number of carbonyl (C=O) groups is 1. The molecule has 3 rings (SSSR count). The minimum Gasteiger partial charge on any atom is -0.353 e. The van der Waals surface area contributed by atoms with E-state index in [-0.39, 0.29) is 17.6 Å². The van der Waals surface area contributed by atoms with E-state index in [1.54, 1.807) is 4.31 Å². The van der Waals surface area contributed by atoms with E-state index in [1.165, 1.54) is 25.7 Å². The Hall–Kier alpha value is -1.40. The lowest BCUT2D eigenvalue weighted by atomic mass is 9.96. The summed E-state index contributed by atoms with van der Waals surface area (Å²) in [7, 11) is -3.32. The highest BCUT2D eigenvalue weighted by molar-refractivity contribution is 7.88. The number of amides is 1. The molecule has 6 heteroatoms. The number of nitrogens with zero attached hydrogens (tertiary/aromatic N) is 1. The molecule has 5 nitrogen and oxygen atoms in total. The van der Waals surface area contributed by atoms with Gasteiger partial charge in [-0.1, -0.05) is 56.0 Å². The van der Waals surface area contributed by atoms with Crippen LogP contribution in [0, 0.1) is 5.92 Å². The molecule has 1 amide bonds. The van der Waals surface area contributed by atoms with Crippen LogP contribution in [0.3, 0.4) is 0 Å². The van der Waals surface area contributed by atoms with Crippen molar-refractivity contribution in [3.8, 4) is 0 Å². The fourth-order valence-electron chi connectivity index (χ4n) is 4.02. The molecule has 0 spiro atoms. The Bertz CT molecular complexity index is 674. The Morgan fingerprint density at radius 3 is 2.19 bits per heavy atom. The molecule has 1 aliphatic carbocycles. The van der Waals surface area contributed by atoms with Crippen LogP contribution in [0.15, 0.2) is 30.3 Å². The molecule has 1 aromatic rings. The van der Waals surface area contributed by atoms with Gasteiger partial charge in [-0.2, -0.15) is 0 Å². The van der Waals surface area contributed by atoms with Crippen molar-refractivity contribution in [2.75, 3.05) is 13.1 Å². The van der Waals surface area contributed by atoms with Gasteiger partial charge in [0.2, 0.25) is 15.9 Å². The Balaban J connectivity index is 1.49. The second kappa shape index (κ2) is 9.00. The molecule has 1 aromatic carbocycles. The molecule has 1 saturated carbocycles. The molecular formula is C20H30N2O3S. The highest BCUT2D eigenvalue weighted by atomic mass is 32.2. The minimum absolute atomic E-state index is 0.0345. The van der Waals surface area contributed by atoms with Gasteiger partial charge in [-0.25, -0.2) is 12.7 Å². The molecule has 2 fully saturated rings. The van der Waals surface area contributed by atoms with Gasteiger partial charge in [0.1, 0.15) is 0 Å². The number of sulfonamides is 1. The predicted molar refractivity (Wildman–Crippen MR) is 103 cm³/mol. The van der Waals surface area contributed by atoms with Crippen LogP contribution in [0.2, 0.25) is 0 Å². The van der Waals surface area contributed by atoms with Crippen molar-refractivity contribution in [2.24, 2.45) is 5.92 Å². The van der Waals surface area contributed by atoms with Crippen molar-refractivity contribution in [1.29, 1.82) is 0 Å². The molecule has 0 bridgehead atoms. The topological polar surface area (TPSA) is 66.5 Å². The van der Waals surface area contributed by atoms with E-state index in [1.807, 2.05) is 30.3 Å². The summed E-state index contributed by atoms with van der Waals surface area (Å²) in [5.41, 5.74) is 0.806. The van der Waals surface area contributed by atoms with Crippen LogP contribution >= 0.6 is 0 Å². The van der Waals surface area contributed by atoms with Crippen LogP contribution < -0.4 is 5.32 Å². The molecule has 1 aliphatic heterocycles. The van der Waals surface area contributed by atoms with Crippen LogP contribution in [0.5, 0.6) is 0 Å². The number of nitrogens with one attached hydrogen (secondary N) is 1. The van der Waals surface area contributed by atoms with Gasteiger partial charge in [-0.3, -0.25) is 4.79 Å². The summed E-state index contributed by atoms with van der Waals surface area (Å²) in [4.78, 5) is 12.5. The van der Waals surface area contributed by atoms with E-state index >= 15 is 0 Å². The lowest BCUT2D eigenvalue weighted by Gasteiger charge is -2.31. The molecule has 1 heterocycles. The lowest BCUT2D eigenvalue weighted by Crippen LogP contribution is -2.45. The van der Waals surface area contributed by atoms with E-state index < -0.39 is 10.0 Å². The number of hydrogen-bond donors (Lipinski definition) is 1. The average Bonchev–Trinajstić information content (AvgIpc) is 2.91. The van der Waals surface area contributed by atoms with Gasteiger partial charge in [-0.15, -0.1) is 0 Å². The van der Waals surface area contributed by atoms with Crippen molar-refractivity contribution in [2.45, 2.75) is 63.2 Å². The summed E-state index contributed by atoms with van der Waals surface area (Å²) in [6, 6.07) is 9.58. The minimum atomic E-state index is -3.32. The molecule has 2 aliphatic rings. The third kappa shape index (κ3) is 5.30. The first-order chi connectivity index (χ1) is 12.5. The van der Waals surface area contributed by atoms with Gasteiger partial charge in [0.25, 0.3) is 0 Å². The molecule has 26 heavy (non-hydrogen) atoms. The second-order valence-electron chi connectivity index (χ2n) is 7.61. The molecule has 1 N–H and O–H groups in total. The van der Waals surface area contributed by atoms with Gasteiger partial charge in [0.05, 0.1) is 5.75 Å². The van der Waals surface area contributed by atoms with E-state index in [0.717, 1.165) is 18.4 Å². The first kappa shape index (κ1) is 19.4. The van der Waals surface area contributed by atoms with Crippen molar-refractivity contribution in [3.63, 3.8) is 0 Å². The highest BCUT2D eigenvalue weighted by Gasteiger charge is 2.31. The molecule has 0 unspecified atom stereocenters. The van der Waals surface area contributed by atoms with Crippen LogP contribution in [0.1, 0.15) is 56.9 Å². The maximum absolute atomic E-state index is 12.6. The molecular weight excluding hydrogens is 348 g/mol. The van der Waals surface area contributed by atoms with Crippen molar-refractivity contribution >= 4 is 15.9 Å². The number of benzene rings is 1. The Labute approximate surface area is 157 Å². The van der Waals surface area contributed by atoms with Crippen molar-refractivity contribution in [3.05, 3.63) is 35.9 Å². The summed E-state index contributed by atoms with van der Waals surface area (Å²) < 4.78 is 26.8. The first-order valence-corrected chi connectivity index (χ1v) is 11.5. The third-order valence-corrected chi connectivity index (χ3v) is 7.46. The number of carbonyl (C=O) groups excluding carboxylic acids is 1. The summed E-state index contributed by atoms with van der Waals surface area (Å²) in [5, 5.41) is 3.22. The van der Waals surface area contributed by atoms with Crippen LogP contribution in [-0.4, -0.2) is 37.8 Å². The molecule has 0 atom stereocenters. The Morgan fingerprint density at radius 1 is 0.962 bits per heavy atom. The molecule has 0 radical (unpaired) electrons. The molecule has 144 valence electrons. The van der Waals surface area contributed by atoms with Gasteiger partial charge in [0.15, 0.2) is 0 Å². The molecule has 1 saturated heterocycles. The number of rotatable bonds is 5. The smallest absolute Gasteiger partial charge is 0.223 e. The fourth-order valence-corrected chi connectivity index (χ4v) is 5.58. The molecule has 0 aromatic heterocycles. The average molecular weight is 379 g/mol. The van der Waals surface area contributed by atoms with Crippen LogP contribution in [0.25, 0.3) is 0 Å². The van der Waals surface area contributed by atoms with E-state index in [9.17, 15) is 13.2 Å². The van der Waals surface area contributed by atoms with Crippen molar-refractivity contribution < 1.29 is 13.2 Å². The quantitative estimate of drug-likeness (QED) is 0.801. The van der Waals surface area contributed by atoms with Crippen molar-refractivity contribution in [1.82, 2.24) is 9.62 Å². The summed E-state index contributed by atoms with van der Waals surface area (Å²) in [6.07, 6.45) is 8.32. The summed E-state index contributed by atoms with van der Waals surface area (Å²) >= 11 is 0. The normalized spacial score (nSPS) is 21.2. The predicted octanol–water partition coefficient (Wildman–Crippen LogP) is 3.07. The second-order valence-corrected chi connectivity index (χ2v) is 9.58. The number of piperidine rings is 1. The van der Waals surface area contributed by atoms with Gasteiger partial charge in [0, 0.05) is 25.0 Å². The first-order valence-electron chi connectivity index (χ1n) is 9.87. The van der Waals surface area contributed by atoms with Crippen LogP contribution in [0.4, 0.5) is 0 Å². The zero-order valence-corrected chi connectivity index (χ0v) is 16.2. The monoisotopic (exact) mass is 378 g/mol. The van der Waals surface area contributed by atoms with Crippen LogP contribution in [-0.2, 0) is 20.6 Å². The fraction of sp³-hybridized carbons (Fsp3) is 0.650.